The molecule has 1 fully saturated rings. The fourth-order valence-corrected chi connectivity index (χ4v) is 2.09. The van der Waals surface area contributed by atoms with Crippen LogP contribution < -0.4 is 5.32 Å². The summed E-state index contributed by atoms with van der Waals surface area (Å²) in [4.78, 5) is 2.47. The Morgan fingerprint density at radius 2 is 2.13 bits per heavy atom. The summed E-state index contributed by atoms with van der Waals surface area (Å²) in [7, 11) is 1.96. The minimum atomic E-state index is 0.490. The van der Waals surface area contributed by atoms with Crippen LogP contribution in [0.3, 0.4) is 0 Å². The van der Waals surface area contributed by atoms with E-state index in [2.05, 4.69) is 23.7 Å². The van der Waals surface area contributed by atoms with E-state index < -0.39 is 0 Å². The molecule has 0 radical (unpaired) electrons. The minimum Gasteiger partial charge on any atom is -0.378 e. The highest BCUT2D eigenvalue weighted by molar-refractivity contribution is 5.00. The molecule has 1 rings (SSSR count). The molecule has 0 spiro atoms. The fraction of sp³-hybridized carbons (Fsp3) is 0.833. The van der Waals surface area contributed by atoms with Gasteiger partial charge in [0.1, 0.15) is 0 Å². The summed E-state index contributed by atoms with van der Waals surface area (Å²) in [6.45, 7) is 11.2. The van der Waals surface area contributed by atoms with Gasteiger partial charge in [-0.2, -0.15) is 0 Å². The molecule has 1 saturated heterocycles. The van der Waals surface area contributed by atoms with Gasteiger partial charge in [0.25, 0.3) is 0 Å². The Balaban J connectivity index is 2.16. The van der Waals surface area contributed by atoms with E-state index in [-0.39, 0.29) is 0 Å². The third-order valence-corrected chi connectivity index (χ3v) is 2.81. The molecule has 0 saturated carbocycles. The molecule has 3 heteroatoms. The molecule has 1 N–H and O–H groups in total. The van der Waals surface area contributed by atoms with Crippen molar-refractivity contribution in [2.24, 2.45) is 0 Å². The Morgan fingerprint density at radius 1 is 1.47 bits per heavy atom. The summed E-state index contributed by atoms with van der Waals surface area (Å²) in [5, 5.41) is 3.14. The van der Waals surface area contributed by atoms with Gasteiger partial charge >= 0.3 is 0 Å². The maximum atomic E-state index is 5.62. The van der Waals surface area contributed by atoms with Crippen molar-refractivity contribution >= 4 is 0 Å². The van der Waals surface area contributed by atoms with Crippen LogP contribution in [0.15, 0.2) is 12.2 Å². The predicted octanol–water partition coefficient (Wildman–Crippen LogP) is 1.26. The van der Waals surface area contributed by atoms with E-state index >= 15 is 0 Å². The van der Waals surface area contributed by atoms with Crippen LogP contribution >= 0.6 is 0 Å². The van der Waals surface area contributed by atoms with Gasteiger partial charge in [-0.1, -0.05) is 6.58 Å². The number of likely N-dealkylation sites (tertiary alicyclic amines) is 1. The molecule has 0 unspecified atom stereocenters. The van der Waals surface area contributed by atoms with E-state index in [4.69, 9.17) is 4.74 Å². The molecule has 3 nitrogen and oxygen atoms in total. The zero-order chi connectivity index (χ0) is 11.1. The second-order valence-electron chi connectivity index (χ2n) is 4.21. The van der Waals surface area contributed by atoms with Crippen molar-refractivity contribution < 1.29 is 4.74 Å². The largest absolute Gasteiger partial charge is 0.378 e. The lowest BCUT2D eigenvalue weighted by atomic mass is 10.1. The first-order valence-corrected chi connectivity index (χ1v) is 5.91. The summed E-state index contributed by atoms with van der Waals surface area (Å²) in [5.41, 5.74) is 1.27. The lowest BCUT2D eigenvalue weighted by Gasteiger charge is -2.32. The number of hydrogen-bond acceptors (Lipinski definition) is 3. The van der Waals surface area contributed by atoms with Crippen molar-refractivity contribution in [2.75, 3.05) is 39.8 Å². The molecule has 15 heavy (non-hydrogen) atoms. The number of rotatable bonds is 6. The average molecular weight is 212 g/mol. The Morgan fingerprint density at radius 3 is 2.67 bits per heavy atom. The fourth-order valence-electron chi connectivity index (χ4n) is 2.09. The van der Waals surface area contributed by atoms with Crippen LogP contribution in [0.25, 0.3) is 0 Å². The summed E-state index contributed by atoms with van der Waals surface area (Å²) < 4.78 is 5.62. The predicted molar refractivity (Wildman–Crippen MR) is 64.2 cm³/mol. The summed E-state index contributed by atoms with van der Waals surface area (Å²) in [6, 6.07) is 0. The van der Waals surface area contributed by atoms with Crippen LogP contribution in [0.5, 0.6) is 0 Å². The third-order valence-electron chi connectivity index (χ3n) is 2.81. The normalized spacial score (nSPS) is 19.3. The van der Waals surface area contributed by atoms with Crippen molar-refractivity contribution in [3.8, 4) is 0 Å². The van der Waals surface area contributed by atoms with Crippen LogP contribution in [-0.2, 0) is 4.74 Å². The SMILES string of the molecule is C=C(CNC)CN1CCC(OCC)CC1. The van der Waals surface area contributed by atoms with Crippen LogP contribution in [0, 0.1) is 0 Å². The number of nitrogens with one attached hydrogen (secondary N) is 1. The number of nitrogens with zero attached hydrogens (tertiary/aromatic N) is 1. The first-order chi connectivity index (χ1) is 7.26. The first kappa shape index (κ1) is 12.7. The zero-order valence-corrected chi connectivity index (χ0v) is 10.1. The standard InChI is InChI=1S/C12H24N2O/c1-4-15-12-5-7-14(8-6-12)10-11(2)9-13-3/h12-13H,2,4-10H2,1,3H3. The van der Waals surface area contributed by atoms with E-state index in [1.165, 1.54) is 18.4 Å². The molecule has 0 atom stereocenters. The smallest absolute Gasteiger partial charge is 0.0599 e. The van der Waals surface area contributed by atoms with E-state index in [1.54, 1.807) is 0 Å². The maximum Gasteiger partial charge on any atom is 0.0599 e. The van der Waals surface area contributed by atoms with Gasteiger partial charge in [-0.05, 0) is 32.4 Å². The van der Waals surface area contributed by atoms with Crippen LogP contribution in [0.2, 0.25) is 0 Å². The van der Waals surface area contributed by atoms with E-state index in [1.807, 2.05) is 7.05 Å². The topological polar surface area (TPSA) is 24.5 Å². The summed E-state index contributed by atoms with van der Waals surface area (Å²) in [5.74, 6) is 0. The lowest BCUT2D eigenvalue weighted by molar-refractivity contribution is 0.0162. The van der Waals surface area contributed by atoms with Gasteiger partial charge in [-0.25, -0.2) is 0 Å². The van der Waals surface area contributed by atoms with Crippen molar-refractivity contribution in [1.82, 2.24) is 10.2 Å². The Labute approximate surface area is 93.5 Å². The zero-order valence-electron chi connectivity index (χ0n) is 10.1. The first-order valence-electron chi connectivity index (χ1n) is 5.91. The maximum absolute atomic E-state index is 5.62. The molecule has 0 aliphatic carbocycles. The van der Waals surface area contributed by atoms with Crippen molar-refractivity contribution in [2.45, 2.75) is 25.9 Å². The van der Waals surface area contributed by atoms with Crippen molar-refractivity contribution in [1.29, 1.82) is 0 Å². The van der Waals surface area contributed by atoms with Crippen LogP contribution in [0.4, 0.5) is 0 Å². The molecule has 1 aliphatic heterocycles. The summed E-state index contributed by atoms with van der Waals surface area (Å²) in [6.07, 6.45) is 2.82. The van der Waals surface area contributed by atoms with E-state index in [0.717, 1.165) is 32.8 Å². The highest BCUT2D eigenvalue weighted by Gasteiger charge is 2.18. The van der Waals surface area contributed by atoms with Gasteiger partial charge in [0.05, 0.1) is 6.10 Å². The quantitative estimate of drug-likeness (QED) is 0.671. The third kappa shape index (κ3) is 4.78. The Kier molecular flexibility index (Phi) is 5.91. The summed E-state index contributed by atoms with van der Waals surface area (Å²) >= 11 is 0. The van der Waals surface area contributed by atoms with E-state index in [9.17, 15) is 0 Å². The molecule has 1 aliphatic rings. The number of hydrogen-bond donors (Lipinski definition) is 1. The molecule has 0 aromatic rings. The van der Waals surface area contributed by atoms with Gasteiger partial charge in [0.2, 0.25) is 0 Å². The Hall–Kier alpha value is -0.380. The molecule has 0 aromatic carbocycles. The van der Waals surface area contributed by atoms with Gasteiger partial charge in [-0.15, -0.1) is 0 Å². The molecule has 0 amide bonds. The molecule has 0 aromatic heterocycles. The molecule has 88 valence electrons. The second-order valence-corrected chi connectivity index (χ2v) is 4.21. The van der Waals surface area contributed by atoms with Crippen LogP contribution in [0.1, 0.15) is 19.8 Å². The van der Waals surface area contributed by atoms with Crippen molar-refractivity contribution in [3.63, 3.8) is 0 Å². The minimum absolute atomic E-state index is 0.490. The molecular weight excluding hydrogens is 188 g/mol. The Bertz CT molecular complexity index is 186. The van der Waals surface area contributed by atoms with Crippen molar-refractivity contribution in [3.05, 3.63) is 12.2 Å². The van der Waals surface area contributed by atoms with Gasteiger partial charge in [0, 0.05) is 32.8 Å². The van der Waals surface area contributed by atoms with E-state index in [0.29, 0.717) is 6.10 Å². The highest BCUT2D eigenvalue weighted by atomic mass is 16.5. The van der Waals surface area contributed by atoms with Gasteiger partial charge < -0.3 is 10.1 Å². The number of likely N-dealkylation sites (N-methyl/N-ethyl adjacent to an activating group) is 1. The molecule has 0 bridgehead atoms. The molecular formula is C12H24N2O. The number of ether oxygens (including phenoxy) is 1. The molecule has 1 heterocycles. The highest BCUT2D eigenvalue weighted by Crippen LogP contribution is 2.14. The average Bonchev–Trinajstić information content (AvgIpc) is 2.22. The lowest BCUT2D eigenvalue weighted by Crippen LogP contribution is -2.38. The van der Waals surface area contributed by atoms with Gasteiger partial charge in [-0.3, -0.25) is 4.90 Å². The van der Waals surface area contributed by atoms with Gasteiger partial charge in [0.15, 0.2) is 0 Å². The monoisotopic (exact) mass is 212 g/mol. The van der Waals surface area contributed by atoms with Crippen LogP contribution in [-0.4, -0.2) is 50.8 Å². The number of piperidine rings is 1. The second kappa shape index (κ2) is 6.99.